The minimum Gasteiger partial charge on any atom is -0.490 e. The molecule has 0 aromatic heterocycles. The number of para-hydroxylation sites is 1. The molecule has 35 heavy (non-hydrogen) atoms. The van der Waals surface area contributed by atoms with Crippen LogP contribution in [0.1, 0.15) is 12.5 Å². The minimum absolute atomic E-state index is 0.0341. The summed E-state index contributed by atoms with van der Waals surface area (Å²) in [7, 11) is 0. The van der Waals surface area contributed by atoms with E-state index >= 15 is 0 Å². The first kappa shape index (κ1) is 26.5. The molecule has 0 radical (unpaired) electrons. The Balaban J connectivity index is 1.50. The third-order valence-electron chi connectivity index (χ3n) is 4.96. The number of nitrogens with zero attached hydrogens (tertiary/aromatic N) is 1. The molecule has 0 fully saturated rings. The number of halogens is 5. The lowest BCUT2D eigenvalue weighted by molar-refractivity contribution is -0.137. The molecule has 0 saturated heterocycles. The van der Waals surface area contributed by atoms with E-state index in [1.54, 1.807) is 12.1 Å². The predicted octanol–water partition coefficient (Wildman–Crippen LogP) is 6.94. The lowest BCUT2D eigenvalue weighted by Gasteiger charge is -2.23. The van der Waals surface area contributed by atoms with Crippen LogP contribution in [0.15, 0.2) is 66.7 Å². The second-order valence-corrected chi connectivity index (χ2v) is 8.20. The Morgan fingerprint density at radius 2 is 1.60 bits per heavy atom. The molecule has 5 nitrogen and oxygen atoms in total. The predicted molar refractivity (Wildman–Crippen MR) is 132 cm³/mol. The van der Waals surface area contributed by atoms with Gasteiger partial charge in [-0.3, -0.25) is 4.79 Å². The Hall–Kier alpha value is -3.10. The second-order valence-electron chi connectivity index (χ2n) is 7.39. The molecule has 0 bridgehead atoms. The van der Waals surface area contributed by atoms with Gasteiger partial charge in [0, 0.05) is 17.9 Å². The van der Waals surface area contributed by atoms with Gasteiger partial charge in [0.05, 0.1) is 22.2 Å². The van der Waals surface area contributed by atoms with Gasteiger partial charge in [0.1, 0.15) is 18.1 Å². The van der Waals surface area contributed by atoms with Crippen LogP contribution in [0, 0.1) is 0 Å². The molecule has 186 valence electrons. The van der Waals surface area contributed by atoms with Crippen LogP contribution in [-0.4, -0.2) is 32.2 Å². The number of carbonyl (C=O) groups excluding carboxylic acids is 1. The lowest BCUT2D eigenvalue weighted by Crippen LogP contribution is -2.28. The molecule has 0 aliphatic rings. The number of hydrogen-bond donors (Lipinski definition) is 1. The molecule has 10 heteroatoms. The van der Waals surface area contributed by atoms with Crippen molar-refractivity contribution in [3.63, 3.8) is 0 Å². The van der Waals surface area contributed by atoms with Gasteiger partial charge in [0.15, 0.2) is 6.61 Å². The quantitative estimate of drug-likeness (QED) is 0.311. The summed E-state index contributed by atoms with van der Waals surface area (Å²) in [4.78, 5) is 14.4. The van der Waals surface area contributed by atoms with Crippen molar-refractivity contribution in [3.8, 4) is 11.5 Å². The van der Waals surface area contributed by atoms with Gasteiger partial charge in [-0.05, 0) is 55.5 Å². The Kier molecular flexibility index (Phi) is 9.12. The van der Waals surface area contributed by atoms with Crippen molar-refractivity contribution in [1.82, 2.24) is 0 Å². The van der Waals surface area contributed by atoms with Gasteiger partial charge in [0.25, 0.3) is 5.91 Å². The first-order valence-electron chi connectivity index (χ1n) is 10.7. The molecule has 3 aromatic rings. The largest absolute Gasteiger partial charge is 0.490 e. The van der Waals surface area contributed by atoms with Crippen LogP contribution in [0.4, 0.5) is 24.5 Å². The minimum atomic E-state index is -4.52. The SMILES string of the molecule is CCN(CCOc1ccc(NC(=O)COc2ccc(C(F)(F)F)cc2Cl)cc1Cl)c1ccccc1. The number of ether oxygens (including phenoxy) is 2. The van der Waals surface area contributed by atoms with Crippen LogP contribution < -0.4 is 19.7 Å². The fourth-order valence-electron chi connectivity index (χ4n) is 3.20. The zero-order valence-corrected chi connectivity index (χ0v) is 20.3. The van der Waals surface area contributed by atoms with Gasteiger partial charge >= 0.3 is 6.18 Å². The molecule has 0 unspecified atom stereocenters. The molecule has 0 saturated carbocycles. The smallest absolute Gasteiger partial charge is 0.416 e. The van der Waals surface area contributed by atoms with Crippen LogP contribution in [-0.2, 0) is 11.0 Å². The summed E-state index contributed by atoms with van der Waals surface area (Å²) in [5.41, 5.74) is 0.607. The Bertz CT molecular complexity index is 1140. The van der Waals surface area contributed by atoms with E-state index in [1.807, 2.05) is 30.3 Å². The highest BCUT2D eigenvalue weighted by Crippen LogP contribution is 2.34. The van der Waals surface area contributed by atoms with Gasteiger partial charge in [-0.25, -0.2) is 0 Å². The van der Waals surface area contributed by atoms with E-state index in [2.05, 4.69) is 17.1 Å². The van der Waals surface area contributed by atoms with Gasteiger partial charge in [0.2, 0.25) is 0 Å². The lowest BCUT2D eigenvalue weighted by atomic mass is 10.2. The summed E-state index contributed by atoms with van der Waals surface area (Å²) < 4.78 is 49.2. The molecule has 0 aliphatic heterocycles. The average molecular weight is 527 g/mol. The molecular weight excluding hydrogens is 504 g/mol. The molecule has 0 atom stereocenters. The summed E-state index contributed by atoms with van der Waals surface area (Å²) in [5.74, 6) is -0.0954. The molecule has 3 rings (SSSR count). The number of anilines is 2. The molecular formula is C25H23Cl2F3N2O3. The normalized spacial score (nSPS) is 11.1. The highest BCUT2D eigenvalue weighted by atomic mass is 35.5. The number of hydrogen-bond acceptors (Lipinski definition) is 4. The first-order chi connectivity index (χ1) is 16.7. The number of likely N-dealkylation sites (N-methyl/N-ethyl adjacent to an activating group) is 1. The summed E-state index contributed by atoms with van der Waals surface area (Å²) >= 11 is 12.1. The molecule has 1 N–H and O–H groups in total. The zero-order valence-electron chi connectivity index (χ0n) is 18.7. The van der Waals surface area contributed by atoms with Gasteiger partial charge in [-0.1, -0.05) is 41.4 Å². The zero-order chi connectivity index (χ0) is 25.4. The molecule has 3 aromatic carbocycles. The van der Waals surface area contributed by atoms with Gasteiger partial charge in [-0.15, -0.1) is 0 Å². The van der Waals surface area contributed by atoms with Crippen molar-refractivity contribution in [2.24, 2.45) is 0 Å². The van der Waals surface area contributed by atoms with E-state index in [4.69, 9.17) is 32.7 Å². The van der Waals surface area contributed by atoms with Crippen molar-refractivity contribution >= 4 is 40.5 Å². The molecule has 0 spiro atoms. The van der Waals surface area contributed by atoms with Crippen molar-refractivity contribution < 1.29 is 27.4 Å². The van der Waals surface area contributed by atoms with E-state index in [0.29, 0.717) is 29.6 Å². The fraction of sp³-hybridized carbons (Fsp3) is 0.240. The Morgan fingerprint density at radius 1 is 0.943 bits per heavy atom. The summed E-state index contributed by atoms with van der Waals surface area (Å²) in [6.45, 7) is 3.51. The van der Waals surface area contributed by atoms with Crippen LogP contribution in [0.25, 0.3) is 0 Å². The van der Waals surface area contributed by atoms with E-state index in [1.165, 1.54) is 6.07 Å². The number of rotatable bonds is 10. The van der Waals surface area contributed by atoms with Crippen LogP contribution in [0.3, 0.4) is 0 Å². The number of carbonyl (C=O) groups is 1. The number of benzene rings is 3. The van der Waals surface area contributed by atoms with E-state index in [0.717, 1.165) is 30.4 Å². The maximum Gasteiger partial charge on any atom is 0.416 e. The average Bonchev–Trinajstić information content (AvgIpc) is 2.82. The van der Waals surface area contributed by atoms with Crippen LogP contribution in [0.5, 0.6) is 11.5 Å². The van der Waals surface area contributed by atoms with E-state index < -0.39 is 24.3 Å². The Labute approximate surface area is 211 Å². The topological polar surface area (TPSA) is 50.8 Å². The van der Waals surface area contributed by atoms with Gasteiger partial charge in [-0.2, -0.15) is 13.2 Å². The van der Waals surface area contributed by atoms with Crippen LogP contribution >= 0.6 is 23.2 Å². The summed E-state index contributed by atoms with van der Waals surface area (Å²) in [5, 5.41) is 2.68. The maximum atomic E-state index is 12.7. The molecule has 1 amide bonds. The maximum absolute atomic E-state index is 12.7. The van der Waals surface area contributed by atoms with Crippen molar-refractivity contribution in [3.05, 3.63) is 82.3 Å². The van der Waals surface area contributed by atoms with Crippen LogP contribution in [0.2, 0.25) is 10.0 Å². The van der Waals surface area contributed by atoms with Crippen molar-refractivity contribution in [1.29, 1.82) is 0 Å². The highest BCUT2D eigenvalue weighted by molar-refractivity contribution is 6.32. The monoisotopic (exact) mass is 526 g/mol. The number of nitrogens with one attached hydrogen (secondary N) is 1. The highest BCUT2D eigenvalue weighted by Gasteiger charge is 2.31. The summed E-state index contributed by atoms with van der Waals surface area (Å²) in [6, 6.07) is 17.4. The van der Waals surface area contributed by atoms with Gasteiger partial charge < -0.3 is 19.7 Å². The Morgan fingerprint density at radius 3 is 2.23 bits per heavy atom. The first-order valence-corrected chi connectivity index (χ1v) is 11.4. The standard InChI is InChI=1S/C25H23Cl2F3N2O3/c1-2-32(19-6-4-3-5-7-19)12-13-34-22-11-9-18(15-21(22)27)31-24(33)16-35-23-10-8-17(14-20(23)26)25(28,29)30/h3-11,14-15H,2,12-13,16H2,1H3,(H,31,33). The van der Waals surface area contributed by atoms with Crippen molar-refractivity contribution in [2.45, 2.75) is 13.1 Å². The number of amides is 1. The molecule has 0 heterocycles. The van der Waals surface area contributed by atoms with E-state index in [-0.39, 0.29) is 10.8 Å². The van der Waals surface area contributed by atoms with E-state index in [9.17, 15) is 18.0 Å². The van der Waals surface area contributed by atoms with Crippen molar-refractivity contribution in [2.75, 3.05) is 36.5 Å². The third-order valence-corrected chi connectivity index (χ3v) is 5.55. The molecule has 0 aliphatic carbocycles. The fourth-order valence-corrected chi connectivity index (χ4v) is 3.67. The second kappa shape index (κ2) is 12.0. The number of alkyl halides is 3. The summed E-state index contributed by atoms with van der Waals surface area (Å²) in [6.07, 6.45) is -4.52. The third kappa shape index (κ3) is 7.70.